The number of hydrogen-bond acceptors (Lipinski definition) is 4. The molecule has 7 heteroatoms. The van der Waals surface area contributed by atoms with E-state index in [1.165, 1.54) is 18.4 Å². The van der Waals surface area contributed by atoms with Crippen LogP contribution in [0.2, 0.25) is 5.02 Å². The Morgan fingerprint density at radius 2 is 1.67 bits per heavy atom. The van der Waals surface area contributed by atoms with Crippen molar-refractivity contribution in [3.05, 3.63) is 64.4 Å². The van der Waals surface area contributed by atoms with Crippen LogP contribution in [0.5, 0.6) is 0 Å². The van der Waals surface area contributed by atoms with Gasteiger partial charge < -0.3 is 11.1 Å². The van der Waals surface area contributed by atoms with Gasteiger partial charge in [0.1, 0.15) is 5.82 Å². The summed E-state index contributed by atoms with van der Waals surface area (Å²) in [4.78, 5) is 9.45. The maximum Gasteiger partial charge on any atom is 0.154 e. The molecule has 3 N–H and O–H groups in total. The van der Waals surface area contributed by atoms with Crippen LogP contribution >= 0.6 is 36.4 Å². The molecule has 3 rings (SSSR count). The molecule has 162 valence electrons. The van der Waals surface area contributed by atoms with Gasteiger partial charge in [-0.15, -0.1) is 24.8 Å². The van der Waals surface area contributed by atoms with E-state index < -0.39 is 0 Å². The second-order valence-corrected chi connectivity index (χ2v) is 7.40. The summed E-state index contributed by atoms with van der Waals surface area (Å²) in [5.41, 5.74) is 8.77. The lowest BCUT2D eigenvalue weighted by molar-refractivity contribution is 0.661. The van der Waals surface area contributed by atoms with Crippen molar-refractivity contribution in [1.82, 2.24) is 9.97 Å². The molecule has 4 nitrogen and oxygen atoms in total. The fourth-order valence-electron chi connectivity index (χ4n) is 3.04. The summed E-state index contributed by atoms with van der Waals surface area (Å²) in [5.74, 6) is 1.58. The average Bonchev–Trinajstić information content (AvgIpc) is 2.70. The Labute approximate surface area is 196 Å². The fraction of sp³-hybridized carbons (Fsp3) is 0.304. The molecule has 0 amide bonds. The predicted molar refractivity (Wildman–Crippen MR) is 135 cm³/mol. The van der Waals surface area contributed by atoms with Crippen LogP contribution in [-0.4, -0.2) is 23.1 Å². The van der Waals surface area contributed by atoms with E-state index in [9.17, 15) is 0 Å². The molecule has 0 aliphatic rings. The van der Waals surface area contributed by atoms with Crippen molar-refractivity contribution in [3.8, 4) is 0 Å². The predicted octanol–water partition coefficient (Wildman–Crippen LogP) is 6.54. The summed E-state index contributed by atoms with van der Waals surface area (Å²) in [6.45, 7) is 3.75. The van der Waals surface area contributed by atoms with Crippen LogP contribution in [-0.2, 0) is 0 Å². The molecule has 0 bridgehead atoms. The largest absolute Gasteiger partial charge is 0.369 e. The molecule has 0 unspecified atom stereocenters. The summed E-state index contributed by atoms with van der Waals surface area (Å²) in [6, 6.07) is 14.0. The van der Waals surface area contributed by atoms with E-state index in [2.05, 4.69) is 30.4 Å². The Morgan fingerprint density at radius 3 is 2.40 bits per heavy atom. The lowest BCUT2D eigenvalue weighted by Gasteiger charge is -2.10. The summed E-state index contributed by atoms with van der Waals surface area (Å²) in [5, 5.41) is 5.29. The molecule has 0 radical (unpaired) electrons. The highest BCUT2D eigenvalue weighted by Crippen LogP contribution is 2.23. The SMILES string of the molecule is Cc1ccc2nc(/C=C/c3ccc(Cl)cc3)nc(NCCCCCCN)c2c1.Cl.Cl. The molecule has 0 saturated carbocycles. The van der Waals surface area contributed by atoms with Crippen LogP contribution < -0.4 is 11.1 Å². The van der Waals surface area contributed by atoms with Crippen molar-refractivity contribution < 1.29 is 0 Å². The average molecular weight is 468 g/mol. The molecule has 0 aliphatic carbocycles. The van der Waals surface area contributed by atoms with E-state index in [4.69, 9.17) is 27.3 Å². The van der Waals surface area contributed by atoms with Crippen LogP contribution in [0.15, 0.2) is 42.5 Å². The highest BCUT2D eigenvalue weighted by molar-refractivity contribution is 6.30. The third-order valence-electron chi connectivity index (χ3n) is 4.59. The Morgan fingerprint density at radius 1 is 0.933 bits per heavy atom. The number of benzene rings is 2. The van der Waals surface area contributed by atoms with Crippen molar-refractivity contribution >= 4 is 65.3 Å². The topological polar surface area (TPSA) is 63.8 Å². The molecule has 0 fully saturated rings. The molecule has 30 heavy (non-hydrogen) atoms. The first-order valence-electron chi connectivity index (χ1n) is 9.82. The number of hydrogen-bond donors (Lipinski definition) is 2. The highest BCUT2D eigenvalue weighted by atomic mass is 35.5. The van der Waals surface area contributed by atoms with Crippen molar-refractivity contribution in [2.45, 2.75) is 32.6 Å². The number of rotatable bonds is 9. The Kier molecular flexibility index (Phi) is 11.7. The van der Waals surface area contributed by atoms with E-state index >= 15 is 0 Å². The first-order valence-corrected chi connectivity index (χ1v) is 10.2. The number of fused-ring (bicyclic) bond motifs is 1. The number of nitrogens with one attached hydrogen (secondary N) is 1. The number of unbranched alkanes of at least 4 members (excludes halogenated alkanes) is 3. The smallest absolute Gasteiger partial charge is 0.154 e. The van der Waals surface area contributed by atoms with E-state index in [1.807, 2.05) is 36.4 Å². The summed E-state index contributed by atoms with van der Waals surface area (Å²) < 4.78 is 0. The Bertz CT molecular complexity index is 943. The Hall–Kier alpha value is -1.85. The maximum absolute atomic E-state index is 5.95. The van der Waals surface area contributed by atoms with Crippen molar-refractivity contribution in [2.75, 3.05) is 18.4 Å². The summed E-state index contributed by atoms with van der Waals surface area (Å²) in [7, 11) is 0. The Balaban J connectivity index is 0.00000225. The minimum Gasteiger partial charge on any atom is -0.369 e. The van der Waals surface area contributed by atoms with Crippen LogP contribution in [0.1, 0.15) is 42.6 Å². The number of aryl methyl sites for hydroxylation is 1. The first kappa shape index (κ1) is 26.2. The molecular formula is C23H29Cl3N4. The standard InChI is InChI=1S/C23H27ClN4.2ClH/c1-17-6-12-21-20(16-17)23(26-15-5-3-2-4-14-25)28-22(27-21)13-9-18-7-10-19(24)11-8-18;;/h6-13,16H,2-5,14-15,25H2,1H3,(H,26,27,28);2*1H/b13-9+;;. The van der Waals surface area contributed by atoms with Gasteiger partial charge in [-0.3, -0.25) is 0 Å². The summed E-state index contributed by atoms with van der Waals surface area (Å²) in [6.07, 6.45) is 8.49. The van der Waals surface area contributed by atoms with Crippen molar-refractivity contribution in [1.29, 1.82) is 0 Å². The van der Waals surface area contributed by atoms with Crippen LogP contribution in [0.4, 0.5) is 5.82 Å². The van der Waals surface area contributed by atoms with Gasteiger partial charge in [-0.05, 0) is 62.2 Å². The normalized spacial score (nSPS) is 10.6. The molecule has 1 aromatic heterocycles. The van der Waals surface area contributed by atoms with Gasteiger partial charge in [-0.2, -0.15) is 0 Å². The number of nitrogens with zero attached hydrogens (tertiary/aromatic N) is 2. The summed E-state index contributed by atoms with van der Waals surface area (Å²) >= 11 is 5.95. The quantitative estimate of drug-likeness (QED) is 0.351. The zero-order valence-electron chi connectivity index (χ0n) is 17.1. The van der Waals surface area contributed by atoms with Crippen LogP contribution in [0, 0.1) is 6.92 Å². The monoisotopic (exact) mass is 466 g/mol. The number of anilines is 1. The number of aromatic nitrogens is 2. The fourth-order valence-corrected chi connectivity index (χ4v) is 3.17. The maximum atomic E-state index is 5.95. The zero-order valence-corrected chi connectivity index (χ0v) is 19.5. The van der Waals surface area contributed by atoms with Crippen LogP contribution in [0.3, 0.4) is 0 Å². The van der Waals surface area contributed by atoms with E-state index in [0.29, 0.717) is 5.82 Å². The first-order chi connectivity index (χ1) is 13.7. The van der Waals surface area contributed by atoms with E-state index in [0.717, 1.165) is 53.2 Å². The molecule has 2 aromatic carbocycles. The van der Waals surface area contributed by atoms with E-state index in [-0.39, 0.29) is 24.8 Å². The van der Waals surface area contributed by atoms with Crippen LogP contribution in [0.25, 0.3) is 23.1 Å². The molecule has 0 atom stereocenters. The lowest BCUT2D eigenvalue weighted by Crippen LogP contribution is -2.06. The third kappa shape index (κ3) is 7.77. The molecular weight excluding hydrogens is 439 g/mol. The van der Waals surface area contributed by atoms with Crippen molar-refractivity contribution in [3.63, 3.8) is 0 Å². The molecule has 0 aliphatic heterocycles. The molecule has 0 saturated heterocycles. The van der Waals surface area contributed by atoms with Gasteiger partial charge in [0, 0.05) is 17.0 Å². The minimum atomic E-state index is 0. The second kappa shape index (κ2) is 13.5. The number of nitrogens with two attached hydrogens (primary N) is 1. The van der Waals surface area contributed by atoms with Gasteiger partial charge in [-0.1, -0.05) is 54.3 Å². The third-order valence-corrected chi connectivity index (χ3v) is 4.84. The zero-order chi connectivity index (χ0) is 19.8. The van der Waals surface area contributed by atoms with Gasteiger partial charge in [0.15, 0.2) is 5.82 Å². The van der Waals surface area contributed by atoms with Gasteiger partial charge in [-0.25, -0.2) is 9.97 Å². The second-order valence-electron chi connectivity index (χ2n) is 6.97. The molecule has 3 aromatic rings. The molecule has 1 heterocycles. The lowest BCUT2D eigenvalue weighted by atomic mass is 10.1. The van der Waals surface area contributed by atoms with E-state index in [1.54, 1.807) is 0 Å². The molecule has 0 spiro atoms. The minimum absolute atomic E-state index is 0. The highest BCUT2D eigenvalue weighted by Gasteiger charge is 2.07. The van der Waals surface area contributed by atoms with Gasteiger partial charge >= 0.3 is 0 Å². The number of halogens is 3. The van der Waals surface area contributed by atoms with Gasteiger partial charge in [0.05, 0.1) is 5.52 Å². The van der Waals surface area contributed by atoms with Gasteiger partial charge in [0.2, 0.25) is 0 Å². The van der Waals surface area contributed by atoms with Gasteiger partial charge in [0.25, 0.3) is 0 Å². The van der Waals surface area contributed by atoms with Crippen molar-refractivity contribution in [2.24, 2.45) is 5.73 Å².